The second-order valence-electron chi connectivity index (χ2n) is 4.12. The van der Waals surface area contributed by atoms with Crippen LogP contribution in [0.25, 0.3) is 0 Å². The summed E-state index contributed by atoms with van der Waals surface area (Å²) in [6, 6.07) is 7.99. The van der Waals surface area contributed by atoms with Crippen LogP contribution in [0.3, 0.4) is 0 Å². The van der Waals surface area contributed by atoms with E-state index in [9.17, 15) is 0 Å². The third kappa shape index (κ3) is 3.35. The Hall–Kier alpha value is -1.30. The minimum atomic E-state index is 0.0202. The van der Waals surface area contributed by atoms with Crippen molar-refractivity contribution in [2.45, 2.75) is 19.4 Å². The molecular formula is C13H15BrN4. The molecule has 3 N–H and O–H groups in total. The van der Waals surface area contributed by atoms with Gasteiger partial charge in [0.1, 0.15) is 0 Å². The molecule has 0 saturated carbocycles. The zero-order chi connectivity index (χ0) is 13.0. The average molecular weight is 307 g/mol. The van der Waals surface area contributed by atoms with Crippen LogP contribution in [0.2, 0.25) is 0 Å². The van der Waals surface area contributed by atoms with Crippen molar-refractivity contribution in [2.24, 2.45) is 5.84 Å². The average Bonchev–Trinajstić information content (AvgIpc) is 2.39. The Bertz CT molecular complexity index is 495. The number of hydrogen-bond donors (Lipinski definition) is 2. The lowest BCUT2D eigenvalue weighted by Crippen LogP contribution is -2.29. The van der Waals surface area contributed by atoms with Crippen LogP contribution in [-0.4, -0.2) is 9.97 Å². The van der Waals surface area contributed by atoms with E-state index < -0.39 is 0 Å². The first-order valence-electron chi connectivity index (χ1n) is 5.68. The standard InChI is InChI=1S/C13H15BrN4/c1-9-2-3-10(7-16-9)13(18-15)6-12-5-4-11(14)8-17-12/h2-5,7-8,13,18H,6,15H2,1H3. The lowest BCUT2D eigenvalue weighted by atomic mass is 10.0. The highest BCUT2D eigenvalue weighted by Gasteiger charge is 2.11. The lowest BCUT2D eigenvalue weighted by molar-refractivity contribution is 0.544. The van der Waals surface area contributed by atoms with Gasteiger partial charge in [-0.05, 0) is 46.6 Å². The molecule has 2 heterocycles. The van der Waals surface area contributed by atoms with Crippen molar-refractivity contribution in [1.82, 2.24) is 15.4 Å². The van der Waals surface area contributed by atoms with E-state index in [1.54, 1.807) is 6.20 Å². The summed E-state index contributed by atoms with van der Waals surface area (Å²) in [6.45, 7) is 1.96. The van der Waals surface area contributed by atoms with Gasteiger partial charge >= 0.3 is 0 Å². The molecule has 4 nitrogen and oxygen atoms in total. The molecule has 1 unspecified atom stereocenters. The van der Waals surface area contributed by atoms with Gasteiger partial charge in [0.05, 0.1) is 6.04 Å². The number of rotatable bonds is 4. The lowest BCUT2D eigenvalue weighted by Gasteiger charge is -2.15. The Morgan fingerprint density at radius 2 is 2.06 bits per heavy atom. The topological polar surface area (TPSA) is 63.8 Å². The van der Waals surface area contributed by atoms with Crippen LogP contribution in [0.4, 0.5) is 0 Å². The van der Waals surface area contributed by atoms with E-state index >= 15 is 0 Å². The van der Waals surface area contributed by atoms with Crippen molar-refractivity contribution < 1.29 is 0 Å². The number of aryl methyl sites for hydroxylation is 1. The number of nitrogens with one attached hydrogen (secondary N) is 1. The summed E-state index contributed by atoms with van der Waals surface area (Å²) in [4.78, 5) is 8.63. The van der Waals surface area contributed by atoms with Gasteiger partial charge in [-0.1, -0.05) is 6.07 Å². The molecule has 1 atom stereocenters. The van der Waals surface area contributed by atoms with Gasteiger partial charge < -0.3 is 0 Å². The highest BCUT2D eigenvalue weighted by Crippen LogP contribution is 2.17. The summed E-state index contributed by atoms with van der Waals surface area (Å²) < 4.78 is 0.973. The molecule has 0 fully saturated rings. The predicted octanol–water partition coefficient (Wildman–Crippen LogP) is 2.29. The summed E-state index contributed by atoms with van der Waals surface area (Å²) in [6.07, 6.45) is 4.36. The zero-order valence-corrected chi connectivity index (χ0v) is 11.7. The highest BCUT2D eigenvalue weighted by molar-refractivity contribution is 9.10. The quantitative estimate of drug-likeness (QED) is 0.672. The smallest absolute Gasteiger partial charge is 0.0530 e. The van der Waals surface area contributed by atoms with Crippen molar-refractivity contribution in [3.05, 3.63) is 58.1 Å². The van der Waals surface area contributed by atoms with Crippen LogP contribution in [0.15, 0.2) is 41.1 Å². The van der Waals surface area contributed by atoms with Crippen LogP contribution in [-0.2, 0) is 6.42 Å². The Morgan fingerprint density at radius 1 is 1.22 bits per heavy atom. The minimum absolute atomic E-state index is 0.0202. The summed E-state index contributed by atoms with van der Waals surface area (Å²) in [5.74, 6) is 5.61. The van der Waals surface area contributed by atoms with Gasteiger partial charge in [0.2, 0.25) is 0 Å². The molecule has 0 radical (unpaired) electrons. The first-order chi connectivity index (χ1) is 8.69. The monoisotopic (exact) mass is 306 g/mol. The predicted molar refractivity (Wildman–Crippen MR) is 74.7 cm³/mol. The second kappa shape index (κ2) is 6.04. The fourth-order valence-corrected chi connectivity index (χ4v) is 1.93. The van der Waals surface area contributed by atoms with E-state index in [1.807, 2.05) is 37.4 Å². The number of halogens is 1. The van der Waals surface area contributed by atoms with Gasteiger partial charge in [-0.15, -0.1) is 0 Å². The van der Waals surface area contributed by atoms with Gasteiger partial charge in [0.25, 0.3) is 0 Å². The SMILES string of the molecule is Cc1ccc(C(Cc2ccc(Br)cn2)NN)cn1. The molecule has 2 aromatic heterocycles. The molecule has 0 aromatic carbocycles. The van der Waals surface area contributed by atoms with Gasteiger partial charge in [-0.3, -0.25) is 21.2 Å². The van der Waals surface area contributed by atoms with Crippen molar-refractivity contribution in [1.29, 1.82) is 0 Å². The summed E-state index contributed by atoms with van der Waals surface area (Å²) in [5, 5.41) is 0. The van der Waals surface area contributed by atoms with Gasteiger partial charge in [0.15, 0.2) is 0 Å². The Labute approximate surface area is 115 Å². The number of hydrazine groups is 1. The summed E-state index contributed by atoms with van der Waals surface area (Å²) in [5.41, 5.74) is 5.86. The van der Waals surface area contributed by atoms with E-state index in [4.69, 9.17) is 5.84 Å². The molecule has 0 amide bonds. The van der Waals surface area contributed by atoms with Crippen LogP contribution in [0.5, 0.6) is 0 Å². The van der Waals surface area contributed by atoms with Crippen molar-refractivity contribution in [3.63, 3.8) is 0 Å². The maximum Gasteiger partial charge on any atom is 0.0530 e. The molecule has 18 heavy (non-hydrogen) atoms. The molecule has 2 rings (SSSR count). The molecule has 94 valence electrons. The van der Waals surface area contributed by atoms with E-state index in [-0.39, 0.29) is 6.04 Å². The van der Waals surface area contributed by atoms with E-state index in [0.717, 1.165) is 27.8 Å². The molecule has 0 bridgehead atoms. The zero-order valence-electron chi connectivity index (χ0n) is 10.1. The van der Waals surface area contributed by atoms with Crippen molar-refractivity contribution >= 4 is 15.9 Å². The largest absolute Gasteiger partial charge is 0.271 e. The van der Waals surface area contributed by atoms with Gasteiger partial charge in [-0.2, -0.15) is 0 Å². The number of nitrogens with zero attached hydrogens (tertiary/aromatic N) is 2. The Kier molecular flexibility index (Phi) is 4.41. The first kappa shape index (κ1) is 13.1. The Morgan fingerprint density at radius 3 is 2.61 bits per heavy atom. The number of hydrogen-bond acceptors (Lipinski definition) is 4. The molecule has 5 heteroatoms. The maximum absolute atomic E-state index is 5.61. The number of pyridine rings is 2. The van der Waals surface area contributed by atoms with E-state index in [0.29, 0.717) is 0 Å². The number of nitrogens with two attached hydrogens (primary N) is 1. The Balaban J connectivity index is 2.14. The fraction of sp³-hybridized carbons (Fsp3) is 0.231. The second-order valence-corrected chi connectivity index (χ2v) is 5.04. The highest BCUT2D eigenvalue weighted by atomic mass is 79.9. The number of aromatic nitrogens is 2. The molecule has 0 aliphatic carbocycles. The summed E-state index contributed by atoms with van der Waals surface area (Å²) in [7, 11) is 0. The summed E-state index contributed by atoms with van der Waals surface area (Å²) >= 11 is 3.37. The maximum atomic E-state index is 5.61. The third-order valence-corrected chi connectivity index (χ3v) is 3.21. The van der Waals surface area contributed by atoms with Crippen LogP contribution < -0.4 is 11.3 Å². The van der Waals surface area contributed by atoms with Crippen LogP contribution >= 0.6 is 15.9 Å². The molecule has 2 aromatic rings. The minimum Gasteiger partial charge on any atom is -0.271 e. The molecule has 0 aliphatic heterocycles. The molecule has 0 aliphatic rings. The van der Waals surface area contributed by atoms with E-state index in [1.165, 1.54) is 0 Å². The fourth-order valence-electron chi connectivity index (χ4n) is 1.69. The van der Waals surface area contributed by atoms with Crippen molar-refractivity contribution in [2.75, 3.05) is 0 Å². The van der Waals surface area contributed by atoms with Gasteiger partial charge in [0, 0.05) is 34.7 Å². The molecular weight excluding hydrogens is 292 g/mol. The van der Waals surface area contributed by atoms with Crippen molar-refractivity contribution in [3.8, 4) is 0 Å². The van der Waals surface area contributed by atoms with E-state index in [2.05, 4.69) is 31.3 Å². The van der Waals surface area contributed by atoms with Gasteiger partial charge in [-0.25, -0.2) is 0 Å². The first-order valence-corrected chi connectivity index (χ1v) is 6.47. The molecule has 0 spiro atoms. The normalized spacial score (nSPS) is 12.4. The molecule has 0 saturated heterocycles. The van der Waals surface area contributed by atoms with Crippen LogP contribution in [0.1, 0.15) is 23.0 Å². The van der Waals surface area contributed by atoms with Crippen LogP contribution in [0, 0.1) is 6.92 Å². The third-order valence-electron chi connectivity index (χ3n) is 2.74.